The second kappa shape index (κ2) is 8.41. The molecule has 7 heteroatoms. The Morgan fingerprint density at radius 1 is 1.26 bits per heavy atom. The highest BCUT2D eigenvalue weighted by molar-refractivity contribution is 7.81. The number of aromatic nitrogens is 2. The number of likely N-dealkylation sites (tertiary alicyclic amines) is 1. The van der Waals surface area contributed by atoms with Gasteiger partial charge in [-0.15, -0.1) is 0 Å². The molecule has 1 aromatic heterocycles. The molecule has 1 amide bonds. The minimum absolute atomic E-state index is 0.0507. The van der Waals surface area contributed by atoms with Crippen molar-refractivity contribution in [3.63, 3.8) is 0 Å². The van der Waals surface area contributed by atoms with Crippen LogP contribution < -0.4 is 5.46 Å². The van der Waals surface area contributed by atoms with Crippen LogP contribution in [0.25, 0.3) is 11.0 Å². The largest absolute Gasteiger partial charge is 0.428 e. The third-order valence-electron chi connectivity index (χ3n) is 8.24. The quantitative estimate of drug-likeness (QED) is 0.351. The standard InChI is InChI=1S/C28H35BN3O2S/c1-8-18(16-10-11-16)24-19(9-2)26(33)31(7)23-15-22(24)32-21-14-17(12-13-20(21)30-25(23)32)29-34-27(3,4)28(5,6)35/h8-9,12-14,16,22-23,35H,1,10-11,15H2,2-7H3/b19-9+,24-18-. The zero-order valence-electron chi connectivity index (χ0n) is 21.6. The molecule has 3 aliphatic rings. The molecule has 2 bridgehead atoms. The van der Waals surface area contributed by atoms with Crippen molar-refractivity contribution in [2.45, 2.75) is 76.3 Å². The van der Waals surface area contributed by atoms with Gasteiger partial charge in [-0.25, -0.2) is 4.98 Å². The summed E-state index contributed by atoms with van der Waals surface area (Å²) in [7, 11) is 3.73. The summed E-state index contributed by atoms with van der Waals surface area (Å²) in [6, 6.07) is 6.25. The van der Waals surface area contributed by atoms with E-state index in [9.17, 15) is 4.79 Å². The fourth-order valence-electron chi connectivity index (χ4n) is 5.27. The van der Waals surface area contributed by atoms with Crippen LogP contribution in [0.1, 0.15) is 71.8 Å². The molecule has 1 radical (unpaired) electrons. The molecule has 2 aromatic rings. The zero-order chi connectivity index (χ0) is 25.3. The highest BCUT2D eigenvalue weighted by atomic mass is 32.1. The van der Waals surface area contributed by atoms with Gasteiger partial charge in [-0.2, -0.15) is 12.6 Å². The van der Waals surface area contributed by atoms with Crippen molar-refractivity contribution < 1.29 is 9.45 Å². The minimum atomic E-state index is -0.443. The number of hydrogen-bond donors (Lipinski definition) is 1. The van der Waals surface area contributed by atoms with E-state index in [1.807, 2.05) is 44.6 Å². The molecule has 2 atom stereocenters. The summed E-state index contributed by atoms with van der Waals surface area (Å²) < 4.78 is 8.26. The Labute approximate surface area is 215 Å². The molecule has 2 fully saturated rings. The van der Waals surface area contributed by atoms with Crippen molar-refractivity contribution in [3.05, 3.63) is 59.5 Å². The number of nitrogens with zero attached hydrogens (tertiary/aromatic N) is 3. The minimum Gasteiger partial charge on any atom is -0.428 e. The van der Waals surface area contributed by atoms with Crippen LogP contribution in [0, 0.1) is 5.92 Å². The second-order valence-corrected chi connectivity index (χ2v) is 12.2. The Kier molecular flexibility index (Phi) is 5.88. The number of hydrogen-bond acceptors (Lipinski definition) is 4. The molecule has 3 heterocycles. The first-order chi connectivity index (χ1) is 16.5. The van der Waals surface area contributed by atoms with E-state index in [4.69, 9.17) is 22.3 Å². The van der Waals surface area contributed by atoms with Gasteiger partial charge in [0.25, 0.3) is 5.91 Å². The Morgan fingerprint density at radius 2 is 1.97 bits per heavy atom. The fourth-order valence-corrected chi connectivity index (χ4v) is 5.32. The molecule has 1 aromatic carbocycles. The lowest BCUT2D eigenvalue weighted by atomic mass is 9.83. The van der Waals surface area contributed by atoms with E-state index in [2.05, 4.69) is 51.0 Å². The molecule has 183 valence electrons. The number of imidazole rings is 1. The summed E-state index contributed by atoms with van der Waals surface area (Å²) in [4.78, 5) is 20.4. The molecular formula is C28H35BN3O2S. The number of carbonyl (C=O) groups excluding carboxylic acids is 1. The number of rotatable bonds is 6. The Morgan fingerprint density at radius 3 is 2.57 bits per heavy atom. The summed E-state index contributed by atoms with van der Waals surface area (Å²) in [6.45, 7) is 14.3. The molecule has 5 rings (SSSR count). The maximum atomic E-state index is 13.5. The molecule has 2 aliphatic heterocycles. The van der Waals surface area contributed by atoms with Crippen molar-refractivity contribution in [1.29, 1.82) is 0 Å². The molecule has 5 nitrogen and oxygen atoms in total. The maximum absolute atomic E-state index is 13.5. The van der Waals surface area contributed by atoms with Crippen molar-refractivity contribution in [2.24, 2.45) is 5.92 Å². The molecule has 1 saturated carbocycles. The van der Waals surface area contributed by atoms with Gasteiger partial charge >= 0.3 is 7.48 Å². The number of fused-ring (bicyclic) bond motifs is 7. The van der Waals surface area contributed by atoms with E-state index in [1.54, 1.807) is 0 Å². The van der Waals surface area contributed by atoms with Crippen molar-refractivity contribution >= 4 is 42.5 Å². The highest BCUT2D eigenvalue weighted by Crippen LogP contribution is 2.52. The number of allylic oxidation sites excluding steroid dienone is 3. The first-order valence-electron chi connectivity index (χ1n) is 12.5. The van der Waals surface area contributed by atoms with Gasteiger partial charge in [0.05, 0.1) is 28.7 Å². The van der Waals surface area contributed by atoms with E-state index in [0.717, 1.165) is 52.7 Å². The van der Waals surface area contributed by atoms with Crippen molar-refractivity contribution in [2.75, 3.05) is 7.05 Å². The van der Waals surface area contributed by atoms with E-state index >= 15 is 0 Å². The smallest absolute Gasteiger partial charge is 0.330 e. The predicted octanol–water partition coefficient (Wildman–Crippen LogP) is 5.08. The Bertz CT molecular complexity index is 1280. The molecule has 35 heavy (non-hydrogen) atoms. The number of thiol groups is 1. The van der Waals surface area contributed by atoms with Crippen molar-refractivity contribution in [3.8, 4) is 0 Å². The van der Waals surface area contributed by atoms with Gasteiger partial charge in [0.2, 0.25) is 0 Å². The maximum Gasteiger partial charge on any atom is 0.330 e. The normalized spacial score (nSPS) is 25.2. The van der Waals surface area contributed by atoms with Crippen LogP contribution >= 0.6 is 12.6 Å². The summed E-state index contributed by atoms with van der Waals surface area (Å²) in [6.07, 6.45) is 7.12. The Hall–Kier alpha value is -2.25. The first-order valence-corrected chi connectivity index (χ1v) is 13.0. The second-order valence-electron chi connectivity index (χ2n) is 11.1. The van der Waals surface area contributed by atoms with Crippen LogP contribution in [0.2, 0.25) is 0 Å². The predicted molar refractivity (Wildman–Crippen MR) is 146 cm³/mol. The SMILES string of the molecule is C=C/C(=C1\C(=C/C)C(=O)N(C)C2CC1n1c2nc2ccc([B]OC(C)(C)C(C)(C)S)cc21)C1CC1. The van der Waals surface area contributed by atoms with Crippen LogP contribution in [-0.4, -0.2) is 45.2 Å². The van der Waals surface area contributed by atoms with E-state index < -0.39 is 5.60 Å². The van der Waals surface area contributed by atoms with Gasteiger partial charge in [-0.1, -0.05) is 30.3 Å². The third kappa shape index (κ3) is 3.91. The lowest BCUT2D eigenvalue weighted by Crippen LogP contribution is -2.45. The lowest BCUT2D eigenvalue weighted by Gasteiger charge is -2.38. The summed E-state index contributed by atoms with van der Waals surface area (Å²) >= 11 is 4.72. The summed E-state index contributed by atoms with van der Waals surface area (Å²) in [5.74, 6) is 1.53. The van der Waals surface area contributed by atoms with Gasteiger partial charge in [0.1, 0.15) is 5.82 Å². The van der Waals surface area contributed by atoms with Gasteiger partial charge in [0.15, 0.2) is 0 Å². The number of benzene rings is 1. The molecule has 2 unspecified atom stereocenters. The molecule has 1 saturated heterocycles. The average Bonchev–Trinajstić information content (AvgIpc) is 3.49. The van der Waals surface area contributed by atoms with E-state index in [0.29, 0.717) is 5.92 Å². The first kappa shape index (κ1) is 24.4. The topological polar surface area (TPSA) is 47.4 Å². The molecule has 0 N–H and O–H groups in total. The van der Waals surface area contributed by atoms with Crippen LogP contribution in [0.3, 0.4) is 0 Å². The number of amides is 1. The van der Waals surface area contributed by atoms with Crippen LogP contribution in [0.15, 0.2) is 53.6 Å². The zero-order valence-corrected chi connectivity index (χ0v) is 22.5. The van der Waals surface area contributed by atoms with Gasteiger partial charge in [-0.3, -0.25) is 4.79 Å². The van der Waals surface area contributed by atoms with Gasteiger partial charge in [0, 0.05) is 23.8 Å². The Balaban J connectivity index is 1.63. The summed E-state index contributed by atoms with van der Waals surface area (Å²) in [5.41, 5.74) is 5.71. The fraction of sp³-hybridized carbons (Fsp3) is 0.500. The van der Waals surface area contributed by atoms with Crippen LogP contribution in [0.5, 0.6) is 0 Å². The average molecular weight is 488 g/mol. The lowest BCUT2D eigenvalue weighted by molar-refractivity contribution is -0.127. The number of likely N-dealkylation sites (N-methyl/N-ethyl adjacent to an activating group) is 1. The molecule has 0 spiro atoms. The third-order valence-corrected chi connectivity index (χ3v) is 8.78. The van der Waals surface area contributed by atoms with E-state index in [1.165, 1.54) is 5.57 Å². The summed E-state index contributed by atoms with van der Waals surface area (Å²) in [5, 5.41) is 0. The van der Waals surface area contributed by atoms with Crippen molar-refractivity contribution in [1.82, 2.24) is 14.5 Å². The van der Waals surface area contributed by atoms with Gasteiger partial charge < -0.3 is 14.1 Å². The number of carbonyl (C=O) groups is 1. The van der Waals surface area contributed by atoms with Crippen LogP contribution in [0.4, 0.5) is 0 Å². The monoisotopic (exact) mass is 488 g/mol. The highest BCUT2D eigenvalue weighted by Gasteiger charge is 2.46. The molecular weight excluding hydrogens is 453 g/mol. The molecule has 1 aliphatic carbocycles. The van der Waals surface area contributed by atoms with E-state index in [-0.39, 0.29) is 22.7 Å². The van der Waals surface area contributed by atoms with Crippen LogP contribution in [-0.2, 0) is 9.45 Å². The van der Waals surface area contributed by atoms with Gasteiger partial charge in [-0.05, 0) is 76.7 Å².